The van der Waals surface area contributed by atoms with Crippen LogP contribution in [0.2, 0.25) is 5.02 Å². The van der Waals surface area contributed by atoms with Crippen LogP contribution >= 0.6 is 11.6 Å². The highest BCUT2D eigenvalue weighted by Crippen LogP contribution is 2.28. The molecule has 0 bridgehead atoms. The van der Waals surface area contributed by atoms with Gasteiger partial charge in [-0.05, 0) is 43.0 Å². The lowest BCUT2D eigenvalue weighted by Crippen LogP contribution is -2.43. The van der Waals surface area contributed by atoms with Crippen molar-refractivity contribution in [3.05, 3.63) is 28.8 Å². The number of rotatable bonds is 4. The van der Waals surface area contributed by atoms with Gasteiger partial charge < -0.3 is 10.5 Å². The van der Waals surface area contributed by atoms with Crippen LogP contribution in [0.25, 0.3) is 0 Å². The van der Waals surface area contributed by atoms with Gasteiger partial charge in [-0.25, -0.2) is 0 Å². The molecule has 0 aliphatic rings. The van der Waals surface area contributed by atoms with Crippen molar-refractivity contribution in [2.75, 3.05) is 7.11 Å². The number of halogens is 1. The van der Waals surface area contributed by atoms with E-state index >= 15 is 0 Å². The third-order valence-corrected chi connectivity index (χ3v) is 3.37. The van der Waals surface area contributed by atoms with Crippen molar-refractivity contribution in [2.24, 2.45) is 11.7 Å². The van der Waals surface area contributed by atoms with E-state index < -0.39 is 0 Å². The quantitative estimate of drug-likeness (QED) is 0.878. The van der Waals surface area contributed by atoms with Crippen LogP contribution in [0.3, 0.4) is 0 Å². The van der Waals surface area contributed by atoms with E-state index in [1.165, 1.54) is 0 Å². The van der Waals surface area contributed by atoms with Gasteiger partial charge in [-0.15, -0.1) is 0 Å². The summed E-state index contributed by atoms with van der Waals surface area (Å²) in [6.07, 6.45) is 0.758. The van der Waals surface area contributed by atoms with Crippen LogP contribution in [-0.2, 0) is 6.42 Å². The van der Waals surface area contributed by atoms with E-state index in [1.54, 1.807) is 7.11 Å². The molecule has 2 nitrogen and oxygen atoms in total. The van der Waals surface area contributed by atoms with E-state index in [0.717, 1.165) is 22.8 Å². The van der Waals surface area contributed by atoms with Crippen molar-refractivity contribution in [2.45, 2.75) is 32.7 Å². The minimum Gasteiger partial charge on any atom is -0.496 e. The van der Waals surface area contributed by atoms with E-state index in [4.69, 9.17) is 22.1 Å². The third-order valence-electron chi connectivity index (χ3n) is 3.13. The zero-order valence-electron chi connectivity index (χ0n) is 10.4. The van der Waals surface area contributed by atoms with Gasteiger partial charge >= 0.3 is 0 Å². The summed E-state index contributed by atoms with van der Waals surface area (Å²) in [7, 11) is 1.66. The van der Waals surface area contributed by atoms with Crippen molar-refractivity contribution in [3.63, 3.8) is 0 Å². The molecule has 0 aliphatic heterocycles. The first-order chi connectivity index (χ1) is 7.36. The highest BCUT2D eigenvalue weighted by atomic mass is 35.5. The molecule has 90 valence electrons. The van der Waals surface area contributed by atoms with E-state index in [9.17, 15) is 0 Å². The van der Waals surface area contributed by atoms with Crippen molar-refractivity contribution in [3.8, 4) is 5.75 Å². The lowest BCUT2D eigenvalue weighted by molar-refractivity contribution is 0.330. The van der Waals surface area contributed by atoms with Gasteiger partial charge in [0.25, 0.3) is 0 Å². The molecule has 0 spiro atoms. The predicted octanol–water partition coefficient (Wildman–Crippen LogP) is 3.26. The lowest BCUT2D eigenvalue weighted by atomic mass is 9.83. The van der Waals surface area contributed by atoms with E-state index in [1.807, 2.05) is 18.2 Å². The molecule has 0 saturated carbocycles. The SMILES string of the molecule is COc1ccc(Cl)cc1CC(C)(N)C(C)C. The second-order valence-electron chi connectivity index (χ2n) is 4.79. The Hall–Kier alpha value is -0.730. The Morgan fingerprint density at radius 3 is 2.56 bits per heavy atom. The third kappa shape index (κ3) is 3.13. The summed E-state index contributed by atoms with van der Waals surface area (Å²) in [6.45, 7) is 6.30. The Labute approximate surface area is 103 Å². The summed E-state index contributed by atoms with van der Waals surface area (Å²) in [4.78, 5) is 0. The van der Waals surface area contributed by atoms with Crippen LogP contribution in [0, 0.1) is 5.92 Å². The average molecular weight is 242 g/mol. The molecule has 1 unspecified atom stereocenters. The molecule has 0 fully saturated rings. The fraction of sp³-hybridized carbons (Fsp3) is 0.538. The smallest absolute Gasteiger partial charge is 0.122 e. The maximum Gasteiger partial charge on any atom is 0.122 e. The minimum atomic E-state index is -0.252. The molecule has 1 rings (SSSR count). The molecule has 0 amide bonds. The lowest BCUT2D eigenvalue weighted by Gasteiger charge is -2.29. The molecule has 0 heterocycles. The first-order valence-electron chi connectivity index (χ1n) is 5.48. The van der Waals surface area contributed by atoms with E-state index in [0.29, 0.717) is 5.92 Å². The first-order valence-corrected chi connectivity index (χ1v) is 5.86. The topological polar surface area (TPSA) is 35.2 Å². The fourth-order valence-corrected chi connectivity index (χ4v) is 1.69. The summed E-state index contributed by atoms with van der Waals surface area (Å²) in [5, 5.41) is 0.718. The summed E-state index contributed by atoms with van der Waals surface area (Å²) in [5.74, 6) is 1.25. The molecule has 0 radical (unpaired) electrons. The molecule has 1 aromatic rings. The Kier molecular flexibility index (Phi) is 4.22. The summed E-state index contributed by atoms with van der Waals surface area (Å²) in [6, 6.07) is 5.63. The molecule has 1 atom stereocenters. The maximum absolute atomic E-state index is 6.27. The van der Waals surface area contributed by atoms with E-state index in [-0.39, 0.29) is 5.54 Å². The maximum atomic E-state index is 6.27. The van der Waals surface area contributed by atoms with Gasteiger partial charge in [-0.2, -0.15) is 0 Å². The largest absolute Gasteiger partial charge is 0.496 e. The Bertz CT molecular complexity index is 361. The van der Waals surface area contributed by atoms with E-state index in [2.05, 4.69) is 20.8 Å². The molecule has 0 aromatic heterocycles. The molecule has 0 saturated heterocycles. The second-order valence-corrected chi connectivity index (χ2v) is 5.23. The Balaban J connectivity index is 2.99. The Morgan fingerprint density at radius 2 is 2.06 bits per heavy atom. The molecule has 3 heteroatoms. The predicted molar refractivity (Wildman–Crippen MR) is 69.1 cm³/mol. The first kappa shape index (κ1) is 13.3. The van der Waals surface area contributed by atoms with Gasteiger partial charge in [0.1, 0.15) is 5.75 Å². The molecule has 1 aromatic carbocycles. The van der Waals surface area contributed by atoms with Gasteiger partial charge in [-0.1, -0.05) is 25.4 Å². The zero-order chi connectivity index (χ0) is 12.3. The number of nitrogens with two attached hydrogens (primary N) is 1. The van der Waals surface area contributed by atoms with Gasteiger partial charge in [0, 0.05) is 10.6 Å². The van der Waals surface area contributed by atoms with Crippen LogP contribution in [-0.4, -0.2) is 12.6 Å². The van der Waals surface area contributed by atoms with Crippen molar-refractivity contribution in [1.82, 2.24) is 0 Å². The van der Waals surface area contributed by atoms with Crippen molar-refractivity contribution >= 4 is 11.6 Å². The minimum absolute atomic E-state index is 0.252. The van der Waals surface area contributed by atoms with Crippen molar-refractivity contribution in [1.29, 1.82) is 0 Å². The molecular weight excluding hydrogens is 222 g/mol. The number of benzene rings is 1. The number of ether oxygens (including phenoxy) is 1. The van der Waals surface area contributed by atoms with Gasteiger partial charge in [-0.3, -0.25) is 0 Å². The molecule has 2 N–H and O–H groups in total. The highest BCUT2D eigenvalue weighted by Gasteiger charge is 2.24. The van der Waals surface area contributed by atoms with Crippen LogP contribution in [0.1, 0.15) is 26.3 Å². The second kappa shape index (κ2) is 5.07. The van der Waals surface area contributed by atoms with Crippen LogP contribution in [0.15, 0.2) is 18.2 Å². The summed E-state index contributed by atoms with van der Waals surface area (Å²) in [5.41, 5.74) is 7.08. The summed E-state index contributed by atoms with van der Waals surface area (Å²) >= 11 is 5.99. The molecule has 0 aliphatic carbocycles. The van der Waals surface area contributed by atoms with Crippen molar-refractivity contribution < 1.29 is 4.74 Å². The monoisotopic (exact) mass is 241 g/mol. The number of hydrogen-bond donors (Lipinski definition) is 1. The van der Waals surface area contributed by atoms with Gasteiger partial charge in [0.15, 0.2) is 0 Å². The summed E-state index contributed by atoms with van der Waals surface area (Å²) < 4.78 is 5.31. The zero-order valence-corrected chi connectivity index (χ0v) is 11.1. The normalized spacial score (nSPS) is 14.9. The standard InChI is InChI=1S/C13H20ClNO/c1-9(2)13(3,15)8-10-7-11(14)5-6-12(10)16-4/h5-7,9H,8,15H2,1-4H3. The molecular formula is C13H20ClNO. The van der Waals surface area contributed by atoms with Gasteiger partial charge in [0.05, 0.1) is 7.11 Å². The number of methoxy groups -OCH3 is 1. The number of hydrogen-bond acceptors (Lipinski definition) is 2. The van der Waals surface area contributed by atoms with Crippen LogP contribution in [0.5, 0.6) is 5.75 Å². The Morgan fingerprint density at radius 1 is 1.44 bits per heavy atom. The highest BCUT2D eigenvalue weighted by molar-refractivity contribution is 6.30. The van der Waals surface area contributed by atoms with Crippen LogP contribution < -0.4 is 10.5 Å². The average Bonchev–Trinajstić information content (AvgIpc) is 2.17. The van der Waals surface area contributed by atoms with Crippen LogP contribution in [0.4, 0.5) is 0 Å². The van der Waals surface area contributed by atoms with Gasteiger partial charge in [0.2, 0.25) is 0 Å². The fourth-order valence-electron chi connectivity index (χ4n) is 1.50. The molecule has 16 heavy (non-hydrogen) atoms.